The van der Waals surface area contributed by atoms with E-state index in [0.29, 0.717) is 21.3 Å². The largest absolute Gasteiger partial charge is 0.379 e. The number of nitrogens with zero attached hydrogens (tertiary/aromatic N) is 1. The van der Waals surface area contributed by atoms with Crippen LogP contribution in [-0.2, 0) is 14.9 Å². The molecule has 0 fully saturated rings. The number of rotatable bonds is 6. The third kappa shape index (κ3) is 5.86. The molecule has 0 saturated carbocycles. The molecule has 31 heavy (non-hydrogen) atoms. The molecule has 156 valence electrons. The highest BCUT2D eigenvalue weighted by atomic mass is 35.5. The van der Waals surface area contributed by atoms with Crippen molar-refractivity contribution in [3.63, 3.8) is 0 Å². The summed E-state index contributed by atoms with van der Waals surface area (Å²) in [5.74, 6) is -0.636. The van der Waals surface area contributed by atoms with E-state index in [2.05, 4.69) is 5.32 Å². The summed E-state index contributed by atoms with van der Waals surface area (Å²) in [5.41, 5.74) is 0.564. The first-order valence-corrected chi connectivity index (χ1v) is 10.9. The maximum Gasteiger partial charge on any atom is 0.339 e. The summed E-state index contributed by atoms with van der Waals surface area (Å²) in [4.78, 5) is 12.4. The van der Waals surface area contributed by atoms with Gasteiger partial charge >= 0.3 is 10.1 Å². The van der Waals surface area contributed by atoms with Gasteiger partial charge in [-0.05, 0) is 60.2 Å². The van der Waals surface area contributed by atoms with Crippen LogP contribution in [0, 0.1) is 11.3 Å². The first kappa shape index (κ1) is 22.4. The van der Waals surface area contributed by atoms with Gasteiger partial charge in [0.25, 0.3) is 5.91 Å². The van der Waals surface area contributed by atoms with Crippen LogP contribution in [0.1, 0.15) is 5.56 Å². The van der Waals surface area contributed by atoms with Crippen molar-refractivity contribution < 1.29 is 17.4 Å². The van der Waals surface area contributed by atoms with Crippen molar-refractivity contribution in [1.29, 1.82) is 5.26 Å². The Balaban J connectivity index is 1.82. The van der Waals surface area contributed by atoms with E-state index in [1.165, 1.54) is 42.5 Å². The van der Waals surface area contributed by atoms with E-state index in [1.807, 2.05) is 6.07 Å². The lowest BCUT2D eigenvalue weighted by atomic mass is 10.1. The molecule has 0 radical (unpaired) electrons. The highest BCUT2D eigenvalue weighted by Gasteiger charge is 2.17. The summed E-state index contributed by atoms with van der Waals surface area (Å²) < 4.78 is 30.0. The Morgan fingerprint density at radius 2 is 1.71 bits per heavy atom. The van der Waals surface area contributed by atoms with E-state index in [1.54, 1.807) is 36.4 Å². The van der Waals surface area contributed by atoms with Crippen molar-refractivity contribution in [3.8, 4) is 11.8 Å². The molecule has 0 aliphatic rings. The number of anilines is 1. The number of carbonyl (C=O) groups excluding carboxylic acids is 1. The zero-order chi connectivity index (χ0) is 22.4. The Bertz CT molecular complexity index is 1300. The summed E-state index contributed by atoms with van der Waals surface area (Å²) in [6.45, 7) is 0. The van der Waals surface area contributed by atoms with Gasteiger partial charge < -0.3 is 9.50 Å². The van der Waals surface area contributed by atoms with Crippen LogP contribution in [-0.4, -0.2) is 14.3 Å². The number of halogens is 2. The fourth-order valence-electron chi connectivity index (χ4n) is 2.50. The molecule has 0 aromatic heterocycles. The van der Waals surface area contributed by atoms with Gasteiger partial charge in [-0.25, -0.2) is 0 Å². The lowest BCUT2D eigenvalue weighted by Crippen LogP contribution is -2.13. The van der Waals surface area contributed by atoms with E-state index in [4.69, 9.17) is 27.4 Å². The standard InChI is InChI=1S/C22H14Cl2N2O4S/c23-17-8-10-19(11-9-17)31(28,29)30-18-5-3-4-15(13-18)12-16(14-25)22(27)26-21-7-2-1-6-20(21)24/h1-13H,(H,26,27)/b16-12-. The monoisotopic (exact) mass is 472 g/mol. The first-order valence-electron chi connectivity index (χ1n) is 8.76. The van der Waals surface area contributed by atoms with Gasteiger partial charge in [-0.3, -0.25) is 4.79 Å². The average molecular weight is 473 g/mol. The SMILES string of the molecule is N#C/C(=C/c1cccc(OS(=O)(=O)c2ccc(Cl)cc2)c1)C(=O)Nc1ccccc1Cl. The molecular weight excluding hydrogens is 459 g/mol. The van der Waals surface area contributed by atoms with Gasteiger partial charge in [0.2, 0.25) is 0 Å². The summed E-state index contributed by atoms with van der Waals surface area (Å²) in [6.07, 6.45) is 1.31. The topological polar surface area (TPSA) is 96.3 Å². The van der Waals surface area contributed by atoms with Crippen LogP contribution in [0.5, 0.6) is 5.75 Å². The van der Waals surface area contributed by atoms with Crippen molar-refractivity contribution in [1.82, 2.24) is 0 Å². The molecule has 6 nitrogen and oxygen atoms in total. The van der Waals surface area contributed by atoms with Gasteiger partial charge in [0.15, 0.2) is 0 Å². The van der Waals surface area contributed by atoms with Gasteiger partial charge in [-0.15, -0.1) is 0 Å². The van der Waals surface area contributed by atoms with Crippen molar-refractivity contribution in [2.24, 2.45) is 0 Å². The number of benzene rings is 3. The van der Waals surface area contributed by atoms with Gasteiger partial charge in [0, 0.05) is 5.02 Å². The molecule has 3 aromatic carbocycles. The second kappa shape index (κ2) is 9.67. The second-order valence-corrected chi connectivity index (χ2v) is 8.56. The van der Waals surface area contributed by atoms with E-state index in [9.17, 15) is 18.5 Å². The molecular formula is C22H14Cl2N2O4S. The Labute approximate surface area is 189 Å². The molecule has 0 spiro atoms. The molecule has 3 rings (SSSR count). The van der Waals surface area contributed by atoms with Crippen LogP contribution < -0.4 is 9.50 Å². The number of nitriles is 1. The maximum atomic E-state index is 12.4. The smallest absolute Gasteiger partial charge is 0.339 e. The minimum atomic E-state index is -4.08. The third-order valence-electron chi connectivity index (χ3n) is 3.96. The van der Waals surface area contributed by atoms with Crippen LogP contribution in [0.4, 0.5) is 5.69 Å². The number of hydrogen-bond donors (Lipinski definition) is 1. The molecule has 0 heterocycles. The summed E-state index contributed by atoms with van der Waals surface area (Å²) in [5, 5.41) is 12.7. The lowest BCUT2D eigenvalue weighted by Gasteiger charge is -2.08. The van der Waals surface area contributed by atoms with Gasteiger partial charge in [0.1, 0.15) is 22.3 Å². The van der Waals surface area contributed by atoms with Crippen molar-refractivity contribution >= 4 is 51.0 Å². The predicted molar refractivity (Wildman–Crippen MR) is 119 cm³/mol. The first-order chi connectivity index (χ1) is 14.8. The number of para-hydroxylation sites is 1. The minimum absolute atomic E-state index is 0.0208. The summed E-state index contributed by atoms with van der Waals surface area (Å²) >= 11 is 11.8. The van der Waals surface area contributed by atoms with Crippen LogP contribution >= 0.6 is 23.2 Å². The molecule has 0 aliphatic carbocycles. The maximum absolute atomic E-state index is 12.4. The molecule has 1 N–H and O–H groups in total. The van der Waals surface area contributed by atoms with E-state index >= 15 is 0 Å². The average Bonchev–Trinajstić information content (AvgIpc) is 2.74. The highest BCUT2D eigenvalue weighted by molar-refractivity contribution is 7.87. The van der Waals surface area contributed by atoms with Crippen LogP contribution in [0.25, 0.3) is 6.08 Å². The predicted octanol–water partition coefficient (Wildman–Crippen LogP) is 5.31. The molecule has 0 atom stereocenters. The van der Waals surface area contributed by atoms with Gasteiger partial charge in [0.05, 0.1) is 10.7 Å². The molecule has 9 heteroatoms. The van der Waals surface area contributed by atoms with Crippen LogP contribution in [0.2, 0.25) is 10.0 Å². The molecule has 0 saturated heterocycles. The Hall–Kier alpha value is -3.31. The number of hydrogen-bond acceptors (Lipinski definition) is 5. The Morgan fingerprint density at radius 3 is 2.39 bits per heavy atom. The normalized spacial score (nSPS) is 11.5. The summed E-state index contributed by atoms with van der Waals surface area (Å²) in [7, 11) is -4.08. The molecule has 0 bridgehead atoms. The zero-order valence-corrected chi connectivity index (χ0v) is 18.1. The van der Waals surface area contributed by atoms with E-state index in [-0.39, 0.29) is 16.2 Å². The van der Waals surface area contributed by atoms with Crippen molar-refractivity contribution in [2.75, 3.05) is 5.32 Å². The molecule has 1 amide bonds. The van der Waals surface area contributed by atoms with E-state index in [0.717, 1.165) is 0 Å². The van der Waals surface area contributed by atoms with Crippen LogP contribution in [0.15, 0.2) is 83.3 Å². The van der Waals surface area contributed by atoms with Gasteiger partial charge in [-0.2, -0.15) is 13.7 Å². The quantitative estimate of drug-likeness (QED) is 0.298. The van der Waals surface area contributed by atoms with Gasteiger partial charge in [-0.1, -0.05) is 47.5 Å². The number of amides is 1. The Kier molecular flexibility index (Phi) is 6.98. The molecule has 0 unspecified atom stereocenters. The Morgan fingerprint density at radius 1 is 1.00 bits per heavy atom. The highest BCUT2D eigenvalue weighted by Crippen LogP contribution is 2.24. The fourth-order valence-corrected chi connectivity index (χ4v) is 3.73. The van der Waals surface area contributed by atoms with Crippen molar-refractivity contribution in [2.45, 2.75) is 4.90 Å². The second-order valence-electron chi connectivity index (χ2n) is 6.17. The summed E-state index contributed by atoms with van der Waals surface area (Å²) in [6, 6.07) is 19.9. The lowest BCUT2D eigenvalue weighted by molar-refractivity contribution is -0.112. The number of nitrogens with one attached hydrogen (secondary N) is 1. The van der Waals surface area contributed by atoms with E-state index < -0.39 is 16.0 Å². The van der Waals surface area contributed by atoms with Crippen molar-refractivity contribution in [3.05, 3.63) is 94.0 Å². The molecule has 0 aliphatic heterocycles. The number of carbonyl (C=O) groups is 1. The molecule has 3 aromatic rings. The fraction of sp³-hybridized carbons (Fsp3) is 0. The zero-order valence-electron chi connectivity index (χ0n) is 15.7. The van der Waals surface area contributed by atoms with Crippen LogP contribution in [0.3, 0.4) is 0 Å². The third-order valence-corrected chi connectivity index (χ3v) is 5.81. The minimum Gasteiger partial charge on any atom is -0.379 e.